The molecule has 6 nitrogen and oxygen atoms in total. The molecule has 0 bridgehead atoms. The van der Waals surface area contributed by atoms with Crippen molar-refractivity contribution < 1.29 is 0 Å². The van der Waals surface area contributed by atoms with E-state index in [4.69, 9.17) is 0 Å². The molecule has 0 unspecified atom stereocenters. The lowest BCUT2D eigenvalue weighted by atomic mass is 10.1. The molecule has 2 aromatic rings. The Hall–Kier alpha value is -1.73. The second-order valence-electron chi connectivity index (χ2n) is 6.64. The van der Waals surface area contributed by atoms with Crippen LogP contribution >= 0.6 is 11.3 Å². The van der Waals surface area contributed by atoms with E-state index in [1.54, 1.807) is 35.3 Å². The maximum absolute atomic E-state index is 12.3. The maximum atomic E-state index is 12.3. The van der Waals surface area contributed by atoms with E-state index < -0.39 is 0 Å². The van der Waals surface area contributed by atoms with Gasteiger partial charge in [0.1, 0.15) is 5.01 Å². The van der Waals surface area contributed by atoms with Crippen LogP contribution in [0.15, 0.2) is 23.4 Å². The number of hydrogen-bond acceptors (Lipinski definition) is 6. The minimum absolute atomic E-state index is 0.0281. The Morgan fingerprint density at radius 3 is 3.00 bits per heavy atom. The van der Waals surface area contributed by atoms with Crippen molar-refractivity contribution >= 4 is 17.2 Å². The summed E-state index contributed by atoms with van der Waals surface area (Å²) < 4.78 is 1.59. The van der Waals surface area contributed by atoms with E-state index >= 15 is 0 Å². The Balaban J connectivity index is 1.61. The average Bonchev–Trinajstić information content (AvgIpc) is 3.05. The Labute approximate surface area is 146 Å². The van der Waals surface area contributed by atoms with Crippen molar-refractivity contribution in [2.45, 2.75) is 45.2 Å². The number of nitrogens with one attached hydrogen (secondary N) is 1. The zero-order valence-electron chi connectivity index (χ0n) is 14.5. The summed E-state index contributed by atoms with van der Waals surface area (Å²) >= 11 is 1.78. The fourth-order valence-corrected chi connectivity index (χ4v) is 3.82. The largest absolute Gasteiger partial charge is 0.350 e. The predicted molar refractivity (Wildman–Crippen MR) is 97.8 cm³/mol. The van der Waals surface area contributed by atoms with E-state index in [9.17, 15) is 4.79 Å². The highest BCUT2D eigenvalue weighted by Gasteiger charge is 2.23. The monoisotopic (exact) mass is 347 g/mol. The van der Waals surface area contributed by atoms with Crippen molar-refractivity contribution in [1.29, 1.82) is 0 Å². The number of piperidine rings is 1. The summed E-state index contributed by atoms with van der Waals surface area (Å²) in [5.74, 6) is 1.09. The quantitative estimate of drug-likeness (QED) is 0.898. The van der Waals surface area contributed by atoms with E-state index in [0.29, 0.717) is 17.8 Å². The molecule has 2 aromatic heterocycles. The third-order valence-corrected chi connectivity index (χ3v) is 5.70. The number of hydrogen-bond donors (Lipinski definition) is 1. The van der Waals surface area contributed by atoms with Gasteiger partial charge in [0.05, 0.1) is 0 Å². The molecule has 3 rings (SSSR count). The molecule has 24 heavy (non-hydrogen) atoms. The molecular formula is C17H25N5OS. The molecule has 7 heteroatoms. The number of thiazole rings is 1. The first kappa shape index (κ1) is 17.1. The summed E-state index contributed by atoms with van der Waals surface area (Å²) in [6, 6.07) is 0.358. The second-order valence-corrected chi connectivity index (χ2v) is 7.79. The first-order chi connectivity index (χ1) is 11.5. The van der Waals surface area contributed by atoms with Crippen molar-refractivity contribution in [2.75, 3.05) is 18.0 Å². The Kier molecular flexibility index (Phi) is 5.30. The Morgan fingerprint density at radius 2 is 2.25 bits per heavy atom. The molecule has 1 aliphatic rings. The van der Waals surface area contributed by atoms with Gasteiger partial charge in [-0.2, -0.15) is 0 Å². The number of rotatable bonds is 5. The number of aromatic nitrogens is 3. The smallest absolute Gasteiger partial charge is 0.293 e. The van der Waals surface area contributed by atoms with Crippen molar-refractivity contribution in [1.82, 2.24) is 19.9 Å². The summed E-state index contributed by atoms with van der Waals surface area (Å²) in [5, 5.41) is 4.72. The summed E-state index contributed by atoms with van der Waals surface area (Å²) in [5.41, 5.74) is -0.0281. The molecule has 1 saturated heterocycles. The van der Waals surface area contributed by atoms with Crippen molar-refractivity contribution in [3.63, 3.8) is 0 Å². The zero-order chi connectivity index (χ0) is 17.1. The van der Waals surface area contributed by atoms with E-state index in [-0.39, 0.29) is 5.56 Å². The number of anilines is 1. The van der Waals surface area contributed by atoms with Gasteiger partial charge in [-0.1, -0.05) is 13.8 Å². The van der Waals surface area contributed by atoms with Crippen molar-refractivity contribution in [3.05, 3.63) is 38.8 Å². The van der Waals surface area contributed by atoms with Gasteiger partial charge in [0.15, 0.2) is 5.82 Å². The fraction of sp³-hybridized carbons (Fsp3) is 0.588. The third kappa shape index (κ3) is 3.84. The van der Waals surface area contributed by atoms with Gasteiger partial charge in [-0.05, 0) is 18.8 Å². The summed E-state index contributed by atoms with van der Waals surface area (Å²) in [7, 11) is 1.77. The van der Waals surface area contributed by atoms with Gasteiger partial charge in [0.2, 0.25) is 0 Å². The third-order valence-electron chi connectivity index (χ3n) is 4.40. The molecule has 1 N–H and O–H groups in total. The average molecular weight is 347 g/mol. The van der Waals surface area contributed by atoms with Gasteiger partial charge in [-0.25, -0.2) is 9.97 Å². The Bertz CT molecular complexity index is 739. The molecule has 3 heterocycles. The van der Waals surface area contributed by atoms with Gasteiger partial charge >= 0.3 is 0 Å². The van der Waals surface area contributed by atoms with Crippen LogP contribution in [-0.4, -0.2) is 33.7 Å². The predicted octanol–water partition coefficient (Wildman–Crippen LogP) is 2.12. The van der Waals surface area contributed by atoms with Crippen molar-refractivity contribution in [3.8, 4) is 0 Å². The molecule has 0 amide bonds. The van der Waals surface area contributed by atoms with Crippen LogP contribution in [0.3, 0.4) is 0 Å². The summed E-state index contributed by atoms with van der Waals surface area (Å²) in [4.78, 5) is 24.5. The normalized spacial score (nSPS) is 18.3. The van der Waals surface area contributed by atoms with Crippen LogP contribution in [0, 0.1) is 0 Å². The lowest BCUT2D eigenvalue weighted by Crippen LogP contribution is -2.47. The van der Waals surface area contributed by atoms with E-state index in [2.05, 4.69) is 34.0 Å². The van der Waals surface area contributed by atoms with E-state index in [1.165, 1.54) is 4.88 Å². The first-order valence-electron chi connectivity index (χ1n) is 8.49. The van der Waals surface area contributed by atoms with Crippen LogP contribution in [-0.2, 0) is 13.6 Å². The molecular weight excluding hydrogens is 322 g/mol. The molecule has 0 aromatic carbocycles. The number of aryl methyl sites for hydroxylation is 1. The fourth-order valence-electron chi connectivity index (χ4n) is 2.94. The second kappa shape index (κ2) is 7.44. The van der Waals surface area contributed by atoms with Crippen LogP contribution in [0.5, 0.6) is 0 Å². The summed E-state index contributed by atoms with van der Waals surface area (Å²) in [6.45, 7) is 6.87. The van der Waals surface area contributed by atoms with Gasteiger partial charge < -0.3 is 14.8 Å². The molecule has 1 aliphatic heterocycles. The molecule has 1 fully saturated rings. The minimum Gasteiger partial charge on any atom is -0.350 e. The summed E-state index contributed by atoms with van der Waals surface area (Å²) in [6.07, 6.45) is 7.55. The van der Waals surface area contributed by atoms with Gasteiger partial charge in [0, 0.05) is 56.2 Å². The van der Waals surface area contributed by atoms with Crippen LogP contribution in [0.25, 0.3) is 0 Å². The highest BCUT2D eigenvalue weighted by molar-refractivity contribution is 7.11. The van der Waals surface area contributed by atoms with Gasteiger partial charge in [-0.15, -0.1) is 11.3 Å². The van der Waals surface area contributed by atoms with Crippen LogP contribution in [0.2, 0.25) is 0 Å². The lowest BCUT2D eigenvalue weighted by molar-refractivity contribution is 0.418. The van der Waals surface area contributed by atoms with Gasteiger partial charge in [0.25, 0.3) is 5.56 Å². The Morgan fingerprint density at radius 1 is 1.42 bits per heavy atom. The van der Waals surface area contributed by atoms with E-state index in [0.717, 1.165) is 37.5 Å². The van der Waals surface area contributed by atoms with Crippen LogP contribution in [0.4, 0.5) is 5.82 Å². The standard InChI is InChI=1S/C17H25N5OS/c1-12(2)14-9-20-15(24-14)10-19-13-5-4-7-22(11-13)16-17(23)21(3)8-6-18-16/h6,8-9,12-13,19H,4-5,7,10-11H2,1-3H3/t13-/m0/s1. The number of nitrogens with zero attached hydrogens (tertiary/aromatic N) is 4. The zero-order valence-corrected chi connectivity index (χ0v) is 15.3. The van der Waals surface area contributed by atoms with Crippen molar-refractivity contribution in [2.24, 2.45) is 7.05 Å². The molecule has 0 aliphatic carbocycles. The maximum Gasteiger partial charge on any atom is 0.293 e. The van der Waals surface area contributed by atoms with E-state index in [1.807, 2.05) is 6.20 Å². The molecule has 130 valence electrons. The molecule has 0 radical (unpaired) electrons. The lowest BCUT2D eigenvalue weighted by Gasteiger charge is -2.33. The highest BCUT2D eigenvalue weighted by atomic mass is 32.1. The topological polar surface area (TPSA) is 63.1 Å². The highest BCUT2D eigenvalue weighted by Crippen LogP contribution is 2.22. The van der Waals surface area contributed by atoms with Crippen LogP contribution < -0.4 is 15.8 Å². The first-order valence-corrected chi connectivity index (χ1v) is 9.31. The SMILES string of the molecule is CC(C)c1cnc(CN[C@H]2CCCN(c3nccn(C)c3=O)C2)s1. The van der Waals surface area contributed by atoms with Crippen LogP contribution in [0.1, 0.15) is 42.5 Å². The minimum atomic E-state index is -0.0281. The molecule has 0 saturated carbocycles. The molecule has 0 spiro atoms. The molecule has 1 atom stereocenters. The van der Waals surface area contributed by atoms with Gasteiger partial charge in [-0.3, -0.25) is 4.79 Å².